The van der Waals surface area contributed by atoms with Gasteiger partial charge in [-0.1, -0.05) is 12.1 Å². The van der Waals surface area contributed by atoms with Crippen LogP contribution in [0.2, 0.25) is 0 Å². The van der Waals surface area contributed by atoms with E-state index in [9.17, 15) is 18.0 Å². The second-order valence-electron chi connectivity index (χ2n) is 8.24. The Bertz CT molecular complexity index is 1570. The van der Waals surface area contributed by atoms with Gasteiger partial charge in [-0.25, -0.2) is 15.0 Å². The number of benzene rings is 2. The van der Waals surface area contributed by atoms with Crippen molar-refractivity contribution in [1.82, 2.24) is 29.5 Å². The van der Waals surface area contributed by atoms with Gasteiger partial charge in [-0.15, -0.1) is 0 Å². The van der Waals surface area contributed by atoms with Crippen LogP contribution in [0.5, 0.6) is 0 Å². The largest absolute Gasteiger partial charge is 0.416 e. The molecule has 10 nitrogen and oxygen atoms in total. The smallest absolute Gasteiger partial charge is 0.338 e. The molecule has 0 saturated carbocycles. The molecule has 0 aliphatic rings. The summed E-state index contributed by atoms with van der Waals surface area (Å²) in [6.45, 7) is 1.67. The molecular weight excluding hydrogens is 499 g/mol. The Labute approximate surface area is 214 Å². The number of carbonyl (C=O) groups is 1. The number of alkyl halides is 3. The number of rotatable bonds is 7. The summed E-state index contributed by atoms with van der Waals surface area (Å²) in [4.78, 5) is 32.9. The fourth-order valence-corrected chi connectivity index (χ4v) is 3.65. The standard InChI is InChI=1S/C25H20F3N9O/c1-15(38)32-18-6-8-19(9-7-18)33-22-21-23(36-24(35-22)34-20-10-11-29-13-30-20)37(14-31-21)12-16-2-4-17(5-3-16)25(26,27)28/h2-11,13-14H,12H2,1H3,(H,32,38)(H2,29,30,33,34,35,36). The average Bonchev–Trinajstić information content (AvgIpc) is 3.28. The highest BCUT2D eigenvalue weighted by Gasteiger charge is 2.30. The van der Waals surface area contributed by atoms with E-state index in [0.717, 1.165) is 12.1 Å². The number of nitrogens with one attached hydrogen (secondary N) is 3. The van der Waals surface area contributed by atoms with E-state index >= 15 is 0 Å². The average molecular weight is 519 g/mol. The van der Waals surface area contributed by atoms with Crippen LogP contribution in [0.1, 0.15) is 18.1 Å². The maximum atomic E-state index is 13.0. The van der Waals surface area contributed by atoms with Crippen molar-refractivity contribution in [3.8, 4) is 0 Å². The molecule has 0 fully saturated rings. The van der Waals surface area contributed by atoms with E-state index in [4.69, 9.17) is 0 Å². The van der Waals surface area contributed by atoms with Gasteiger partial charge in [-0.05, 0) is 48.0 Å². The van der Waals surface area contributed by atoms with Crippen LogP contribution in [0.15, 0.2) is 73.4 Å². The lowest BCUT2D eigenvalue weighted by molar-refractivity contribution is -0.137. The minimum Gasteiger partial charge on any atom is -0.338 e. The van der Waals surface area contributed by atoms with Crippen molar-refractivity contribution in [3.05, 3.63) is 84.6 Å². The highest BCUT2D eigenvalue weighted by atomic mass is 19.4. The molecule has 0 saturated heterocycles. The lowest BCUT2D eigenvalue weighted by atomic mass is 10.1. The van der Waals surface area contributed by atoms with Gasteiger partial charge in [-0.2, -0.15) is 23.1 Å². The summed E-state index contributed by atoms with van der Waals surface area (Å²) in [5, 5.41) is 8.96. The summed E-state index contributed by atoms with van der Waals surface area (Å²) in [6, 6.07) is 13.6. The number of halogens is 3. The molecule has 3 aromatic heterocycles. The molecule has 1 amide bonds. The number of fused-ring (bicyclic) bond motifs is 1. The van der Waals surface area contributed by atoms with Crippen molar-refractivity contribution in [3.63, 3.8) is 0 Å². The van der Waals surface area contributed by atoms with Crippen molar-refractivity contribution >= 4 is 46.0 Å². The zero-order chi connectivity index (χ0) is 26.7. The Balaban J connectivity index is 1.49. The first-order valence-corrected chi connectivity index (χ1v) is 11.3. The number of nitrogens with zero attached hydrogens (tertiary/aromatic N) is 6. The van der Waals surface area contributed by atoms with E-state index in [0.29, 0.717) is 39.7 Å². The number of carbonyl (C=O) groups excluding carboxylic acids is 1. The second kappa shape index (κ2) is 10.1. The second-order valence-corrected chi connectivity index (χ2v) is 8.24. The molecule has 0 bridgehead atoms. The topological polar surface area (TPSA) is 123 Å². The molecule has 3 N–H and O–H groups in total. The van der Waals surface area contributed by atoms with Crippen LogP contribution in [-0.2, 0) is 17.5 Å². The highest BCUT2D eigenvalue weighted by Crippen LogP contribution is 2.30. The number of anilines is 5. The van der Waals surface area contributed by atoms with Gasteiger partial charge >= 0.3 is 6.18 Å². The van der Waals surface area contributed by atoms with Crippen LogP contribution in [0, 0.1) is 0 Å². The summed E-state index contributed by atoms with van der Waals surface area (Å²) in [7, 11) is 0. The fourth-order valence-electron chi connectivity index (χ4n) is 3.65. The van der Waals surface area contributed by atoms with Gasteiger partial charge in [0.1, 0.15) is 12.1 Å². The highest BCUT2D eigenvalue weighted by molar-refractivity contribution is 5.89. The molecule has 0 unspecified atom stereocenters. The van der Waals surface area contributed by atoms with Crippen LogP contribution < -0.4 is 16.0 Å². The summed E-state index contributed by atoms with van der Waals surface area (Å²) < 4.78 is 40.6. The zero-order valence-electron chi connectivity index (χ0n) is 19.9. The summed E-state index contributed by atoms with van der Waals surface area (Å²) in [5.41, 5.74) is 2.16. The quantitative estimate of drug-likeness (QED) is 0.271. The van der Waals surface area contributed by atoms with Crippen LogP contribution in [-0.4, -0.2) is 35.4 Å². The Hall–Kier alpha value is -5.07. The summed E-state index contributed by atoms with van der Waals surface area (Å²) in [5.74, 6) is 0.911. The van der Waals surface area contributed by atoms with Gasteiger partial charge in [0, 0.05) is 24.5 Å². The van der Waals surface area contributed by atoms with Crippen molar-refractivity contribution in [2.45, 2.75) is 19.6 Å². The van der Waals surface area contributed by atoms with Crippen LogP contribution in [0.25, 0.3) is 11.2 Å². The third kappa shape index (κ3) is 5.67. The van der Waals surface area contributed by atoms with E-state index in [1.807, 2.05) is 0 Å². The summed E-state index contributed by atoms with van der Waals surface area (Å²) in [6.07, 6.45) is 0.0938. The minimum absolute atomic E-state index is 0.178. The maximum absolute atomic E-state index is 13.0. The first-order valence-electron chi connectivity index (χ1n) is 11.3. The SMILES string of the molecule is CC(=O)Nc1ccc(Nc2nc(Nc3ccncn3)nc3c2ncn3Cc2ccc(C(F)(F)F)cc2)cc1. The summed E-state index contributed by atoms with van der Waals surface area (Å²) >= 11 is 0. The number of aromatic nitrogens is 6. The minimum atomic E-state index is -4.41. The van der Waals surface area contributed by atoms with Crippen molar-refractivity contribution in [2.24, 2.45) is 0 Å². The van der Waals surface area contributed by atoms with Gasteiger partial charge in [0.15, 0.2) is 17.0 Å². The molecule has 0 aliphatic heterocycles. The number of imidazole rings is 1. The monoisotopic (exact) mass is 519 g/mol. The predicted octanol–water partition coefficient (Wildman–Crippen LogP) is 5.13. The normalized spacial score (nSPS) is 11.4. The van der Waals surface area contributed by atoms with Crippen molar-refractivity contribution in [2.75, 3.05) is 16.0 Å². The Morgan fingerprint density at radius 2 is 1.66 bits per heavy atom. The number of hydrogen-bond acceptors (Lipinski definition) is 8. The van der Waals surface area contributed by atoms with Crippen molar-refractivity contribution < 1.29 is 18.0 Å². The van der Waals surface area contributed by atoms with Gasteiger partial charge in [-0.3, -0.25) is 4.79 Å². The predicted molar refractivity (Wildman–Crippen MR) is 135 cm³/mol. The first kappa shape index (κ1) is 24.6. The van der Waals surface area contributed by atoms with Gasteiger partial charge < -0.3 is 20.5 Å². The molecule has 0 radical (unpaired) electrons. The van der Waals surface area contributed by atoms with E-state index in [1.165, 1.54) is 25.4 Å². The molecule has 192 valence electrons. The molecule has 5 aromatic rings. The third-order valence-electron chi connectivity index (χ3n) is 5.39. The van der Waals surface area contributed by atoms with Gasteiger partial charge in [0.2, 0.25) is 11.9 Å². The van der Waals surface area contributed by atoms with Crippen LogP contribution >= 0.6 is 0 Å². The molecule has 3 heterocycles. The molecule has 13 heteroatoms. The number of amides is 1. The number of hydrogen-bond donors (Lipinski definition) is 3. The van der Waals surface area contributed by atoms with E-state index < -0.39 is 11.7 Å². The molecule has 0 aliphatic carbocycles. The molecule has 38 heavy (non-hydrogen) atoms. The zero-order valence-corrected chi connectivity index (χ0v) is 19.9. The first-order chi connectivity index (χ1) is 18.2. The molecule has 5 rings (SSSR count). The Morgan fingerprint density at radius 3 is 2.32 bits per heavy atom. The lowest BCUT2D eigenvalue weighted by Gasteiger charge is -2.12. The fraction of sp³-hybridized carbons (Fsp3) is 0.120. The molecule has 0 atom stereocenters. The molecule has 2 aromatic carbocycles. The van der Waals surface area contributed by atoms with E-state index in [-0.39, 0.29) is 18.4 Å². The maximum Gasteiger partial charge on any atom is 0.416 e. The molecule has 0 spiro atoms. The van der Waals surface area contributed by atoms with E-state index in [1.54, 1.807) is 47.4 Å². The van der Waals surface area contributed by atoms with Gasteiger partial charge in [0.25, 0.3) is 0 Å². The Morgan fingerprint density at radius 1 is 0.921 bits per heavy atom. The van der Waals surface area contributed by atoms with Crippen LogP contribution in [0.4, 0.5) is 42.1 Å². The molecular formula is C25H20F3N9O. The van der Waals surface area contributed by atoms with Crippen molar-refractivity contribution in [1.29, 1.82) is 0 Å². The third-order valence-corrected chi connectivity index (χ3v) is 5.39. The lowest BCUT2D eigenvalue weighted by Crippen LogP contribution is -2.07. The van der Waals surface area contributed by atoms with Gasteiger partial charge in [0.05, 0.1) is 18.4 Å². The Kier molecular flexibility index (Phi) is 6.56. The van der Waals surface area contributed by atoms with E-state index in [2.05, 4.69) is 40.9 Å². The van der Waals surface area contributed by atoms with Crippen LogP contribution in [0.3, 0.4) is 0 Å².